The van der Waals surface area contributed by atoms with Crippen molar-refractivity contribution in [3.8, 4) is 11.5 Å². The van der Waals surface area contributed by atoms with Crippen molar-refractivity contribution < 1.29 is 14.3 Å². The third kappa shape index (κ3) is 2.16. The van der Waals surface area contributed by atoms with Crippen LogP contribution in [0, 0.1) is 0 Å². The van der Waals surface area contributed by atoms with Crippen molar-refractivity contribution >= 4 is 5.97 Å². The van der Waals surface area contributed by atoms with E-state index in [2.05, 4.69) is 15.2 Å². The normalized spacial score (nSPS) is 10.1. The molecule has 0 bridgehead atoms. The Morgan fingerprint density at radius 1 is 1.47 bits per heavy atom. The zero-order valence-corrected chi connectivity index (χ0v) is 7.62. The summed E-state index contributed by atoms with van der Waals surface area (Å²) in [5.74, 6) is -0.642. The lowest BCUT2D eigenvalue weighted by Gasteiger charge is -1.90. The highest BCUT2D eigenvalue weighted by atomic mass is 16.4. The van der Waals surface area contributed by atoms with Gasteiger partial charge in [-0.2, -0.15) is 0 Å². The Morgan fingerprint density at radius 3 is 3.00 bits per heavy atom. The van der Waals surface area contributed by atoms with Gasteiger partial charge in [0.25, 0.3) is 0 Å². The van der Waals surface area contributed by atoms with Crippen LogP contribution in [0.15, 0.2) is 28.9 Å². The van der Waals surface area contributed by atoms with E-state index in [9.17, 15) is 4.79 Å². The van der Waals surface area contributed by atoms with Gasteiger partial charge in [0.2, 0.25) is 11.8 Å². The Morgan fingerprint density at radius 2 is 2.33 bits per heavy atom. The van der Waals surface area contributed by atoms with Crippen molar-refractivity contribution in [1.82, 2.24) is 15.2 Å². The minimum Gasteiger partial charge on any atom is -0.481 e. The smallest absolute Gasteiger partial charge is 0.312 e. The van der Waals surface area contributed by atoms with Crippen LogP contribution in [0.1, 0.15) is 5.89 Å². The Kier molecular flexibility index (Phi) is 2.40. The molecule has 0 aliphatic carbocycles. The molecule has 0 aliphatic heterocycles. The van der Waals surface area contributed by atoms with Crippen molar-refractivity contribution in [2.75, 3.05) is 0 Å². The molecule has 76 valence electrons. The molecule has 2 aromatic heterocycles. The number of hydrogen-bond acceptors (Lipinski definition) is 5. The lowest BCUT2D eigenvalue weighted by Crippen LogP contribution is -1.99. The summed E-state index contributed by atoms with van der Waals surface area (Å²) >= 11 is 0. The summed E-state index contributed by atoms with van der Waals surface area (Å²) < 4.78 is 5.14. The first-order chi connectivity index (χ1) is 7.25. The van der Waals surface area contributed by atoms with Gasteiger partial charge < -0.3 is 9.52 Å². The van der Waals surface area contributed by atoms with Crippen molar-refractivity contribution in [1.29, 1.82) is 0 Å². The number of aliphatic carboxylic acids is 1. The second kappa shape index (κ2) is 3.87. The van der Waals surface area contributed by atoms with Crippen molar-refractivity contribution in [2.24, 2.45) is 0 Å². The van der Waals surface area contributed by atoms with E-state index >= 15 is 0 Å². The van der Waals surface area contributed by atoms with E-state index in [4.69, 9.17) is 9.52 Å². The first-order valence-electron chi connectivity index (χ1n) is 4.20. The van der Waals surface area contributed by atoms with Crippen LogP contribution in [0.2, 0.25) is 0 Å². The van der Waals surface area contributed by atoms with Gasteiger partial charge in [0.05, 0.1) is 5.56 Å². The maximum Gasteiger partial charge on any atom is 0.312 e. The van der Waals surface area contributed by atoms with Crippen LogP contribution < -0.4 is 0 Å². The maximum atomic E-state index is 10.4. The number of hydrogen-bond donors (Lipinski definition) is 1. The molecular weight excluding hydrogens is 198 g/mol. The number of carboxylic acids is 1. The van der Waals surface area contributed by atoms with Gasteiger partial charge in [-0.1, -0.05) is 0 Å². The quantitative estimate of drug-likeness (QED) is 0.795. The van der Waals surface area contributed by atoms with Crippen molar-refractivity contribution in [2.45, 2.75) is 6.42 Å². The van der Waals surface area contributed by atoms with Crippen LogP contribution in [0.4, 0.5) is 0 Å². The van der Waals surface area contributed by atoms with Crippen LogP contribution in [-0.4, -0.2) is 26.3 Å². The van der Waals surface area contributed by atoms with Crippen LogP contribution in [-0.2, 0) is 11.2 Å². The van der Waals surface area contributed by atoms with Gasteiger partial charge in [-0.3, -0.25) is 9.78 Å². The lowest BCUT2D eigenvalue weighted by atomic mass is 10.3. The summed E-state index contributed by atoms with van der Waals surface area (Å²) in [4.78, 5) is 14.3. The molecule has 0 unspecified atom stereocenters. The lowest BCUT2D eigenvalue weighted by molar-refractivity contribution is -0.136. The fourth-order valence-electron chi connectivity index (χ4n) is 1.06. The fourth-order valence-corrected chi connectivity index (χ4v) is 1.06. The van der Waals surface area contributed by atoms with Gasteiger partial charge in [-0.05, 0) is 12.1 Å². The Bertz CT molecular complexity index is 466. The van der Waals surface area contributed by atoms with E-state index in [1.807, 2.05) is 0 Å². The minimum atomic E-state index is -1.00. The molecular formula is C9H7N3O3. The van der Waals surface area contributed by atoms with Gasteiger partial charge in [-0.15, -0.1) is 10.2 Å². The molecule has 2 heterocycles. The molecule has 2 aromatic rings. The summed E-state index contributed by atoms with van der Waals surface area (Å²) in [6.45, 7) is 0. The van der Waals surface area contributed by atoms with E-state index in [1.54, 1.807) is 24.5 Å². The summed E-state index contributed by atoms with van der Waals surface area (Å²) in [5, 5.41) is 15.8. The average Bonchev–Trinajstić information content (AvgIpc) is 2.67. The third-order valence-corrected chi connectivity index (χ3v) is 1.68. The monoisotopic (exact) mass is 205 g/mol. The summed E-state index contributed by atoms with van der Waals surface area (Å²) in [6.07, 6.45) is 2.92. The summed E-state index contributed by atoms with van der Waals surface area (Å²) in [6, 6.07) is 3.49. The topological polar surface area (TPSA) is 89.1 Å². The molecule has 0 radical (unpaired) electrons. The summed E-state index contributed by atoms with van der Waals surface area (Å²) in [5.41, 5.74) is 0.668. The van der Waals surface area contributed by atoms with Gasteiger partial charge in [0.15, 0.2) is 0 Å². The third-order valence-electron chi connectivity index (χ3n) is 1.68. The molecule has 0 spiro atoms. The molecule has 15 heavy (non-hydrogen) atoms. The molecule has 6 nitrogen and oxygen atoms in total. The van der Waals surface area contributed by atoms with E-state index < -0.39 is 5.97 Å². The molecule has 0 atom stereocenters. The molecule has 0 fully saturated rings. The van der Waals surface area contributed by atoms with E-state index in [-0.39, 0.29) is 18.2 Å². The zero-order chi connectivity index (χ0) is 10.7. The van der Waals surface area contributed by atoms with E-state index in [1.165, 1.54) is 0 Å². The second-order valence-electron chi connectivity index (χ2n) is 2.81. The molecule has 0 saturated carbocycles. The highest BCUT2D eigenvalue weighted by molar-refractivity contribution is 5.68. The van der Waals surface area contributed by atoms with E-state index in [0.29, 0.717) is 5.56 Å². The Balaban J connectivity index is 2.24. The first-order valence-corrected chi connectivity index (χ1v) is 4.20. The largest absolute Gasteiger partial charge is 0.481 e. The van der Waals surface area contributed by atoms with Crippen molar-refractivity contribution in [3.63, 3.8) is 0 Å². The van der Waals surface area contributed by atoms with Crippen LogP contribution in [0.5, 0.6) is 0 Å². The molecule has 1 N–H and O–H groups in total. The number of aromatic nitrogens is 3. The van der Waals surface area contributed by atoms with E-state index in [0.717, 1.165) is 0 Å². The molecule has 0 amide bonds. The van der Waals surface area contributed by atoms with Gasteiger partial charge in [0, 0.05) is 12.4 Å². The maximum absolute atomic E-state index is 10.4. The number of nitrogens with zero attached hydrogens (tertiary/aromatic N) is 3. The van der Waals surface area contributed by atoms with Crippen molar-refractivity contribution in [3.05, 3.63) is 30.4 Å². The minimum absolute atomic E-state index is 0.0846. The molecule has 2 rings (SSSR count). The van der Waals surface area contributed by atoms with Gasteiger partial charge in [0.1, 0.15) is 6.42 Å². The highest BCUT2D eigenvalue weighted by Gasteiger charge is 2.10. The first kappa shape index (κ1) is 9.32. The second-order valence-corrected chi connectivity index (χ2v) is 2.81. The van der Waals surface area contributed by atoms with Gasteiger partial charge in [-0.25, -0.2) is 0 Å². The zero-order valence-electron chi connectivity index (χ0n) is 7.62. The van der Waals surface area contributed by atoms with Gasteiger partial charge >= 0.3 is 5.97 Å². The van der Waals surface area contributed by atoms with Crippen LogP contribution >= 0.6 is 0 Å². The number of carboxylic acid groups (broad SMARTS) is 1. The van der Waals surface area contributed by atoms with Crippen LogP contribution in [0.3, 0.4) is 0 Å². The predicted molar refractivity (Wildman–Crippen MR) is 48.9 cm³/mol. The molecule has 6 heteroatoms. The highest BCUT2D eigenvalue weighted by Crippen LogP contribution is 2.15. The molecule has 0 saturated heterocycles. The molecule has 0 aromatic carbocycles. The Labute approximate surface area is 84.6 Å². The number of rotatable bonds is 3. The number of carbonyl (C=O) groups is 1. The number of pyridine rings is 1. The van der Waals surface area contributed by atoms with Crippen LogP contribution in [0.25, 0.3) is 11.5 Å². The fraction of sp³-hybridized carbons (Fsp3) is 0.111. The Hall–Kier alpha value is -2.24. The predicted octanol–water partition coefficient (Wildman–Crippen LogP) is 0.759. The summed E-state index contributed by atoms with van der Waals surface area (Å²) in [7, 11) is 0. The molecule has 0 aliphatic rings. The average molecular weight is 205 g/mol. The SMILES string of the molecule is O=C(O)Cc1nnc(-c2cccnc2)o1. The standard InChI is InChI=1S/C9H7N3O3/c13-8(14)4-7-11-12-9(15-7)6-2-1-3-10-5-6/h1-3,5H,4H2,(H,13,14).